The van der Waals surface area contributed by atoms with Gasteiger partial charge >= 0.3 is 0 Å². The number of carbonyl (C=O) groups excluding carboxylic acids is 2. The quantitative estimate of drug-likeness (QED) is 0.568. The summed E-state index contributed by atoms with van der Waals surface area (Å²) in [6.45, 7) is 7.92. The van der Waals surface area contributed by atoms with Crippen molar-refractivity contribution in [1.82, 2.24) is 4.90 Å². The van der Waals surface area contributed by atoms with Crippen LogP contribution in [0.25, 0.3) is 0 Å². The predicted molar refractivity (Wildman–Crippen MR) is 108 cm³/mol. The third-order valence-electron chi connectivity index (χ3n) is 5.88. The number of amides is 2. The van der Waals surface area contributed by atoms with Crippen LogP contribution in [0.4, 0.5) is 5.69 Å². The Labute approximate surface area is 171 Å². The molecular weight excluding hydrogens is 380 g/mol. The summed E-state index contributed by atoms with van der Waals surface area (Å²) in [6.07, 6.45) is 2.26. The highest BCUT2D eigenvalue weighted by molar-refractivity contribution is 6.31. The van der Waals surface area contributed by atoms with Gasteiger partial charge in [0.2, 0.25) is 0 Å². The number of quaternary nitrogens is 2. The number of anilines is 1. The zero-order valence-corrected chi connectivity index (χ0v) is 17.5. The molecule has 7 nitrogen and oxygen atoms in total. The maximum atomic E-state index is 12.7. The van der Waals surface area contributed by atoms with Crippen LogP contribution in [0.5, 0.6) is 5.75 Å². The number of halogens is 1. The van der Waals surface area contributed by atoms with Gasteiger partial charge in [-0.1, -0.05) is 11.6 Å². The van der Waals surface area contributed by atoms with Crippen molar-refractivity contribution in [3.05, 3.63) is 23.2 Å². The number of nitrogens with one attached hydrogen (secondary N) is 3. The molecular formula is C20H31ClN4O3+2. The Hall–Kier alpha value is -1.83. The number of hydrogen-bond acceptors (Lipinski definition) is 3. The minimum absolute atomic E-state index is 0.0489. The van der Waals surface area contributed by atoms with Gasteiger partial charge < -0.3 is 24.8 Å². The third-order valence-corrected chi connectivity index (χ3v) is 6.12. The third kappa shape index (κ3) is 5.16. The van der Waals surface area contributed by atoms with E-state index < -0.39 is 0 Å². The van der Waals surface area contributed by atoms with Crippen molar-refractivity contribution in [3.8, 4) is 5.75 Å². The van der Waals surface area contributed by atoms with Crippen LogP contribution in [0.2, 0.25) is 5.02 Å². The molecule has 28 heavy (non-hydrogen) atoms. The molecule has 0 unspecified atom stereocenters. The lowest BCUT2D eigenvalue weighted by molar-refractivity contribution is -1.01. The second kappa shape index (κ2) is 9.58. The van der Waals surface area contributed by atoms with E-state index in [9.17, 15) is 9.59 Å². The molecule has 0 aliphatic carbocycles. The first kappa shape index (κ1) is 20.9. The average Bonchev–Trinajstić information content (AvgIpc) is 3.23. The highest BCUT2D eigenvalue weighted by atomic mass is 35.5. The van der Waals surface area contributed by atoms with Crippen molar-refractivity contribution in [2.24, 2.45) is 0 Å². The number of nitrogens with zero attached hydrogens (tertiary/aromatic N) is 1. The Morgan fingerprint density at radius 1 is 1.21 bits per heavy atom. The maximum absolute atomic E-state index is 12.7. The second-order valence-electron chi connectivity index (χ2n) is 7.73. The number of piperazine rings is 1. The topological polar surface area (TPSA) is 67.5 Å². The van der Waals surface area contributed by atoms with Crippen molar-refractivity contribution in [1.29, 1.82) is 0 Å². The van der Waals surface area contributed by atoms with E-state index in [0.29, 0.717) is 23.0 Å². The van der Waals surface area contributed by atoms with Crippen LogP contribution in [0.15, 0.2) is 18.2 Å². The molecule has 0 bridgehead atoms. The van der Waals surface area contributed by atoms with Crippen LogP contribution < -0.4 is 19.9 Å². The van der Waals surface area contributed by atoms with E-state index >= 15 is 0 Å². The second-order valence-corrected chi connectivity index (χ2v) is 8.16. The van der Waals surface area contributed by atoms with Crippen molar-refractivity contribution in [2.75, 3.05) is 58.2 Å². The zero-order chi connectivity index (χ0) is 20.1. The SMILES string of the molecule is COc1ccc(Cl)cc1NC(=O)[C@H](C)[NH+]1CC[NH+](CC(=O)N2CCCC2)CC1. The summed E-state index contributed by atoms with van der Waals surface area (Å²) in [6, 6.07) is 5.00. The molecule has 2 saturated heterocycles. The number of rotatable bonds is 6. The number of benzene rings is 1. The summed E-state index contributed by atoms with van der Waals surface area (Å²) in [5.41, 5.74) is 0.590. The average molecular weight is 411 g/mol. The number of methoxy groups -OCH3 is 1. The molecule has 8 heteroatoms. The van der Waals surface area contributed by atoms with Gasteiger partial charge in [0.15, 0.2) is 12.6 Å². The number of hydrogen-bond donors (Lipinski definition) is 3. The largest absolute Gasteiger partial charge is 0.495 e. The Balaban J connectivity index is 1.49. The van der Waals surface area contributed by atoms with E-state index in [0.717, 1.165) is 52.1 Å². The summed E-state index contributed by atoms with van der Waals surface area (Å²) in [5, 5.41) is 3.49. The molecule has 1 aromatic carbocycles. The summed E-state index contributed by atoms with van der Waals surface area (Å²) < 4.78 is 5.30. The number of carbonyl (C=O) groups is 2. The molecule has 3 rings (SSSR count). The Morgan fingerprint density at radius 2 is 1.89 bits per heavy atom. The Bertz CT molecular complexity index is 701. The van der Waals surface area contributed by atoms with Gasteiger partial charge in [0.1, 0.15) is 31.9 Å². The lowest BCUT2D eigenvalue weighted by Gasteiger charge is -2.33. The van der Waals surface area contributed by atoms with Gasteiger partial charge in [0, 0.05) is 18.1 Å². The Kier molecular flexibility index (Phi) is 7.15. The summed E-state index contributed by atoms with van der Waals surface area (Å²) >= 11 is 6.04. The highest BCUT2D eigenvalue weighted by Gasteiger charge is 2.33. The first-order valence-corrected chi connectivity index (χ1v) is 10.5. The predicted octanol–water partition coefficient (Wildman–Crippen LogP) is -0.919. The van der Waals surface area contributed by atoms with E-state index in [-0.39, 0.29) is 17.9 Å². The lowest BCUT2D eigenvalue weighted by Crippen LogP contribution is -3.30. The van der Waals surface area contributed by atoms with Gasteiger partial charge in [-0.15, -0.1) is 0 Å². The molecule has 0 aromatic heterocycles. The van der Waals surface area contributed by atoms with Crippen LogP contribution in [-0.4, -0.2) is 75.7 Å². The fourth-order valence-electron chi connectivity index (χ4n) is 4.03. The number of likely N-dealkylation sites (tertiary alicyclic amines) is 1. The fraction of sp³-hybridized carbons (Fsp3) is 0.600. The van der Waals surface area contributed by atoms with E-state index in [4.69, 9.17) is 16.3 Å². The molecule has 0 saturated carbocycles. The lowest BCUT2D eigenvalue weighted by atomic mass is 10.2. The molecule has 2 heterocycles. The minimum Gasteiger partial charge on any atom is -0.495 e. The molecule has 1 aromatic rings. The fourth-order valence-corrected chi connectivity index (χ4v) is 4.20. The van der Waals surface area contributed by atoms with Crippen molar-refractivity contribution >= 4 is 29.1 Å². The standard InChI is InChI=1S/C20H29ClN4O3/c1-15(20(27)22-17-13-16(21)5-6-18(17)28-2)24-11-9-23(10-12-24)14-19(26)25-7-3-4-8-25/h5-6,13,15H,3-4,7-12,14H2,1-2H3,(H,22,27)/p+2/t15-/m0/s1. The van der Waals surface area contributed by atoms with Gasteiger partial charge in [-0.3, -0.25) is 9.59 Å². The molecule has 0 spiro atoms. The highest BCUT2D eigenvalue weighted by Crippen LogP contribution is 2.27. The first-order chi connectivity index (χ1) is 13.5. The van der Waals surface area contributed by atoms with Crippen LogP contribution in [0, 0.1) is 0 Å². The van der Waals surface area contributed by atoms with Gasteiger partial charge in [0.25, 0.3) is 11.8 Å². The summed E-state index contributed by atoms with van der Waals surface area (Å²) in [5.74, 6) is 0.816. The monoisotopic (exact) mass is 410 g/mol. The molecule has 2 amide bonds. The van der Waals surface area contributed by atoms with Crippen LogP contribution in [0.1, 0.15) is 19.8 Å². The minimum atomic E-state index is -0.181. The van der Waals surface area contributed by atoms with E-state index in [1.807, 2.05) is 11.8 Å². The van der Waals surface area contributed by atoms with Gasteiger partial charge in [0.05, 0.1) is 12.8 Å². The summed E-state index contributed by atoms with van der Waals surface area (Å²) in [7, 11) is 1.57. The molecule has 2 fully saturated rings. The Morgan fingerprint density at radius 3 is 2.54 bits per heavy atom. The molecule has 2 aliphatic rings. The van der Waals surface area contributed by atoms with Crippen molar-refractivity contribution in [2.45, 2.75) is 25.8 Å². The summed E-state index contributed by atoms with van der Waals surface area (Å²) in [4.78, 5) is 29.6. The normalized spacial score (nSPS) is 23.3. The van der Waals surface area contributed by atoms with Crippen LogP contribution >= 0.6 is 11.6 Å². The van der Waals surface area contributed by atoms with Gasteiger partial charge in [-0.25, -0.2) is 0 Å². The van der Waals surface area contributed by atoms with Crippen molar-refractivity contribution in [3.63, 3.8) is 0 Å². The zero-order valence-electron chi connectivity index (χ0n) is 16.7. The van der Waals surface area contributed by atoms with Crippen molar-refractivity contribution < 1.29 is 24.1 Å². The van der Waals surface area contributed by atoms with Gasteiger partial charge in [-0.05, 0) is 38.0 Å². The first-order valence-electron chi connectivity index (χ1n) is 10.1. The van der Waals surface area contributed by atoms with Crippen LogP contribution in [-0.2, 0) is 9.59 Å². The van der Waals surface area contributed by atoms with E-state index in [1.165, 1.54) is 9.80 Å². The molecule has 1 atom stereocenters. The molecule has 0 radical (unpaired) electrons. The molecule has 3 N–H and O–H groups in total. The van der Waals surface area contributed by atoms with Crippen LogP contribution in [0.3, 0.4) is 0 Å². The smallest absolute Gasteiger partial charge is 0.282 e. The van der Waals surface area contributed by atoms with E-state index in [1.54, 1.807) is 25.3 Å². The number of ether oxygens (including phenoxy) is 1. The maximum Gasteiger partial charge on any atom is 0.282 e. The molecule has 154 valence electrons. The van der Waals surface area contributed by atoms with Gasteiger partial charge in [-0.2, -0.15) is 0 Å². The van der Waals surface area contributed by atoms with E-state index in [2.05, 4.69) is 5.32 Å². The molecule has 2 aliphatic heterocycles.